The molecule has 20 heavy (non-hydrogen) atoms. The third-order valence-electron chi connectivity index (χ3n) is 4.18. The minimum atomic E-state index is 0.783. The molecule has 0 bridgehead atoms. The van der Waals surface area contributed by atoms with E-state index in [-0.39, 0.29) is 0 Å². The molecule has 0 aromatic carbocycles. The summed E-state index contributed by atoms with van der Waals surface area (Å²) in [5.74, 6) is 0.948. The number of hydrogen-bond acceptors (Lipinski definition) is 3. The predicted molar refractivity (Wildman–Crippen MR) is 78.2 cm³/mol. The van der Waals surface area contributed by atoms with Crippen LogP contribution in [0.1, 0.15) is 41.1 Å². The van der Waals surface area contributed by atoms with Gasteiger partial charge in [0.15, 0.2) is 0 Å². The maximum Gasteiger partial charge on any atom is 0.128 e. The zero-order valence-corrected chi connectivity index (χ0v) is 12.4. The monoisotopic (exact) mass is 271 g/mol. The van der Waals surface area contributed by atoms with Gasteiger partial charge in [0, 0.05) is 23.0 Å². The first-order valence-corrected chi connectivity index (χ1v) is 7.22. The molecule has 4 heteroatoms. The molecular weight excluding hydrogens is 250 g/mol. The van der Waals surface area contributed by atoms with Gasteiger partial charge in [-0.3, -0.25) is 4.98 Å². The smallest absolute Gasteiger partial charge is 0.128 e. The Morgan fingerprint density at radius 1 is 1.20 bits per heavy atom. The second-order valence-corrected chi connectivity index (χ2v) is 5.52. The van der Waals surface area contributed by atoms with Gasteiger partial charge in [-0.2, -0.15) is 0 Å². The van der Waals surface area contributed by atoms with Crippen molar-refractivity contribution in [2.45, 2.75) is 46.1 Å². The Labute approximate surface area is 119 Å². The molecule has 1 aliphatic carbocycles. The molecule has 0 saturated carbocycles. The molecule has 0 amide bonds. The first-order chi connectivity index (χ1) is 9.70. The summed E-state index contributed by atoms with van der Waals surface area (Å²) in [6.45, 7) is 4.89. The molecule has 1 aliphatic rings. The lowest BCUT2D eigenvalue weighted by atomic mass is 10.0. The number of pyridine rings is 1. The number of rotatable bonds is 3. The maximum atomic E-state index is 5.48. The van der Waals surface area contributed by atoms with Gasteiger partial charge in [0.05, 0.1) is 31.4 Å². The molecule has 2 heterocycles. The summed E-state index contributed by atoms with van der Waals surface area (Å²) in [4.78, 5) is 9.13. The van der Waals surface area contributed by atoms with Crippen molar-refractivity contribution in [2.24, 2.45) is 0 Å². The molecule has 0 unspecified atom stereocenters. The van der Waals surface area contributed by atoms with Gasteiger partial charge in [-0.05, 0) is 39.5 Å². The van der Waals surface area contributed by atoms with Crippen molar-refractivity contribution < 1.29 is 4.74 Å². The van der Waals surface area contributed by atoms with Gasteiger partial charge in [0.1, 0.15) is 5.75 Å². The first kappa shape index (κ1) is 13.2. The van der Waals surface area contributed by atoms with Crippen LogP contribution < -0.4 is 4.74 Å². The van der Waals surface area contributed by atoms with Crippen LogP contribution in [0.4, 0.5) is 0 Å². The van der Waals surface area contributed by atoms with Gasteiger partial charge in [0.2, 0.25) is 0 Å². The fourth-order valence-corrected chi connectivity index (χ4v) is 3.06. The van der Waals surface area contributed by atoms with Crippen molar-refractivity contribution in [3.63, 3.8) is 0 Å². The van der Waals surface area contributed by atoms with Crippen LogP contribution in [0, 0.1) is 13.8 Å². The molecule has 2 aromatic rings. The van der Waals surface area contributed by atoms with E-state index in [1.54, 1.807) is 7.11 Å². The average Bonchev–Trinajstić information content (AvgIpc) is 2.86. The first-order valence-electron chi connectivity index (χ1n) is 7.22. The molecule has 4 nitrogen and oxygen atoms in total. The van der Waals surface area contributed by atoms with E-state index in [0.29, 0.717) is 0 Å². The van der Waals surface area contributed by atoms with Gasteiger partial charge >= 0.3 is 0 Å². The summed E-state index contributed by atoms with van der Waals surface area (Å²) >= 11 is 0. The van der Waals surface area contributed by atoms with Crippen LogP contribution in [0.15, 0.2) is 12.5 Å². The van der Waals surface area contributed by atoms with Crippen LogP contribution in [0.5, 0.6) is 5.75 Å². The molecule has 106 valence electrons. The lowest BCUT2D eigenvalue weighted by Gasteiger charge is -2.16. The zero-order valence-electron chi connectivity index (χ0n) is 12.4. The van der Waals surface area contributed by atoms with E-state index in [9.17, 15) is 0 Å². The van der Waals surface area contributed by atoms with E-state index in [1.165, 1.54) is 24.2 Å². The van der Waals surface area contributed by atoms with Crippen molar-refractivity contribution in [1.29, 1.82) is 0 Å². The Balaban J connectivity index is 1.94. The highest BCUT2D eigenvalue weighted by atomic mass is 16.5. The van der Waals surface area contributed by atoms with E-state index < -0.39 is 0 Å². The fraction of sp³-hybridized carbons (Fsp3) is 0.500. The second-order valence-electron chi connectivity index (χ2n) is 5.52. The van der Waals surface area contributed by atoms with Gasteiger partial charge in [-0.25, -0.2) is 4.98 Å². The van der Waals surface area contributed by atoms with E-state index in [2.05, 4.69) is 21.5 Å². The Bertz CT molecular complexity index is 631. The minimum Gasteiger partial charge on any atom is -0.496 e. The largest absolute Gasteiger partial charge is 0.496 e. The Morgan fingerprint density at radius 2 is 2.00 bits per heavy atom. The fourth-order valence-electron chi connectivity index (χ4n) is 3.06. The van der Waals surface area contributed by atoms with Gasteiger partial charge in [-0.1, -0.05) is 0 Å². The highest BCUT2D eigenvalue weighted by molar-refractivity contribution is 5.41. The van der Waals surface area contributed by atoms with Gasteiger partial charge in [0.25, 0.3) is 0 Å². The number of aryl methyl sites for hydroxylation is 2. The van der Waals surface area contributed by atoms with Gasteiger partial charge < -0.3 is 9.30 Å². The molecule has 0 radical (unpaired) electrons. The number of methoxy groups -OCH3 is 1. The van der Waals surface area contributed by atoms with Crippen LogP contribution in [0.25, 0.3) is 0 Å². The number of fused-ring (bicyclic) bond motifs is 1. The van der Waals surface area contributed by atoms with E-state index >= 15 is 0 Å². The zero-order chi connectivity index (χ0) is 14.1. The minimum absolute atomic E-state index is 0.783. The summed E-state index contributed by atoms with van der Waals surface area (Å²) in [6.07, 6.45) is 8.64. The summed E-state index contributed by atoms with van der Waals surface area (Å²) in [5.41, 5.74) is 5.94. The van der Waals surface area contributed by atoms with E-state index in [4.69, 9.17) is 4.74 Å². The highest BCUT2D eigenvalue weighted by Crippen LogP contribution is 2.26. The van der Waals surface area contributed by atoms with Crippen LogP contribution in [0.2, 0.25) is 0 Å². The highest BCUT2D eigenvalue weighted by Gasteiger charge is 2.17. The van der Waals surface area contributed by atoms with Gasteiger partial charge in [-0.15, -0.1) is 0 Å². The third kappa shape index (κ3) is 2.19. The van der Waals surface area contributed by atoms with Crippen LogP contribution in [-0.4, -0.2) is 21.6 Å². The topological polar surface area (TPSA) is 39.9 Å². The summed E-state index contributed by atoms with van der Waals surface area (Å²) in [6, 6.07) is 0. The lowest BCUT2D eigenvalue weighted by molar-refractivity contribution is 0.406. The number of ether oxygens (including phenoxy) is 1. The summed E-state index contributed by atoms with van der Waals surface area (Å²) in [5, 5.41) is 0. The Morgan fingerprint density at radius 3 is 2.80 bits per heavy atom. The van der Waals surface area contributed by atoms with E-state index in [0.717, 1.165) is 42.0 Å². The molecule has 0 atom stereocenters. The lowest BCUT2D eigenvalue weighted by Crippen LogP contribution is -2.11. The molecule has 0 spiro atoms. The van der Waals surface area contributed by atoms with Crippen molar-refractivity contribution >= 4 is 0 Å². The molecule has 2 aromatic heterocycles. The van der Waals surface area contributed by atoms with Crippen molar-refractivity contribution in [2.75, 3.05) is 7.11 Å². The van der Waals surface area contributed by atoms with Crippen LogP contribution >= 0.6 is 0 Å². The normalized spacial score (nSPS) is 14.2. The Hall–Kier alpha value is -1.84. The third-order valence-corrected chi connectivity index (χ3v) is 4.18. The van der Waals surface area contributed by atoms with E-state index in [1.807, 2.05) is 19.4 Å². The predicted octanol–water partition coefficient (Wildman–Crippen LogP) is 2.83. The standard InChI is InChI=1S/C16H21N3O/c1-11-8-17-14(12(2)16(11)20-3)9-19-10-18-13-6-4-5-7-15(13)19/h8,10H,4-7,9H2,1-3H3. The molecule has 0 N–H and O–H groups in total. The van der Waals surface area contributed by atoms with Crippen molar-refractivity contribution in [1.82, 2.24) is 14.5 Å². The van der Waals surface area contributed by atoms with Crippen LogP contribution in [-0.2, 0) is 19.4 Å². The number of imidazole rings is 1. The van der Waals surface area contributed by atoms with Crippen molar-refractivity contribution in [3.8, 4) is 5.75 Å². The summed E-state index contributed by atoms with van der Waals surface area (Å²) in [7, 11) is 1.72. The SMILES string of the molecule is COc1c(C)cnc(Cn2cnc3c2CCCC3)c1C. The van der Waals surface area contributed by atoms with Crippen LogP contribution in [0.3, 0.4) is 0 Å². The van der Waals surface area contributed by atoms with Crippen molar-refractivity contribution in [3.05, 3.63) is 40.7 Å². The number of nitrogens with zero attached hydrogens (tertiary/aromatic N) is 3. The number of aromatic nitrogens is 3. The molecule has 0 saturated heterocycles. The average molecular weight is 271 g/mol. The second kappa shape index (κ2) is 5.27. The molecule has 3 rings (SSSR count). The summed E-state index contributed by atoms with van der Waals surface area (Å²) < 4.78 is 7.73. The maximum absolute atomic E-state index is 5.48. The number of hydrogen-bond donors (Lipinski definition) is 0. The quantitative estimate of drug-likeness (QED) is 0.862. The molecule has 0 aliphatic heterocycles. The molecular formula is C16H21N3O. The Kier molecular flexibility index (Phi) is 3.47. The molecule has 0 fully saturated rings.